The van der Waals surface area contributed by atoms with Crippen molar-refractivity contribution in [3.05, 3.63) is 11.6 Å². The quantitative estimate of drug-likeness (QED) is 0.423. The van der Waals surface area contributed by atoms with Crippen molar-refractivity contribution in [2.75, 3.05) is 19.7 Å². The number of ether oxygens (including phenoxy) is 4. The van der Waals surface area contributed by atoms with E-state index in [9.17, 15) is 9.59 Å². The van der Waals surface area contributed by atoms with Gasteiger partial charge in [-0.15, -0.1) is 8.75 Å². The zero-order valence-corrected chi connectivity index (χ0v) is 14.6. The number of carbonyl (C=O) groups is 2. The standard InChI is InChI=1S/C15H17N3O6S/c1-8(2)4-6-21-11-12(17-25-16-11)22-10-9-3-5-18(7-9)15(10)23-13(19)14(20)24-15/h4,9-10H,3,5-7H2,1-2H3. The smallest absolute Gasteiger partial charge is 0.422 e. The van der Waals surface area contributed by atoms with Crippen LogP contribution in [0.1, 0.15) is 20.3 Å². The fourth-order valence-electron chi connectivity index (χ4n) is 3.32. The van der Waals surface area contributed by atoms with Crippen LogP contribution in [-0.4, -0.2) is 57.3 Å². The molecule has 3 atom stereocenters. The first kappa shape index (κ1) is 16.3. The van der Waals surface area contributed by atoms with Crippen LogP contribution in [0.2, 0.25) is 0 Å². The number of allylic oxidation sites excluding steroid dienone is 1. The summed E-state index contributed by atoms with van der Waals surface area (Å²) in [6.45, 7) is 5.58. The van der Waals surface area contributed by atoms with Gasteiger partial charge in [-0.1, -0.05) is 5.57 Å². The lowest BCUT2D eigenvalue weighted by Crippen LogP contribution is -2.57. The molecular formula is C15H17N3O6S. The minimum absolute atomic E-state index is 0.0611. The highest BCUT2D eigenvalue weighted by Gasteiger charge is 2.69. The molecule has 3 aliphatic heterocycles. The number of nitrogens with zero attached hydrogens (tertiary/aromatic N) is 3. The lowest BCUT2D eigenvalue weighted by atomic mass is 9.99. The van der Waals surface area contributed by atoms with Crippen LogP contribution < -0.4 is 9.47 Å². The van der Waals surface area contributed by atoms with Gasteiger partial charge in [0.1, 0.15) is 6.61 Å². The molecule has 0 amide bonds. The number of carbonyl (C=O) groups excluding carboxylic acids is 2. The van der Waals surface area contributed by atoms with Crippen LogP contribution in [0.5, 0.6) is 11.8 Å². The normalized spacial score (nSPS) is 28.8. The Morgan fingerprint density at radius 3 is 2.76 bits per heavy atom. The number of fused-ring (bicyclic) bond motifs is 3. The third-order valence-corrected chi connectivity index (χ3v) is 4.97. The Morgan fingerprint density at radius 1 is 1.32 bits per heavy atom. The van der Waals surface area contributed by atoms with Crippen LogP contribution in [0.3, 0.4) is 0 Å². The molecule has 0 aliphatic carbocycles. The molecule has 1 spiro atoms. The SMILES string of the molecule is CC(C)=CCOc1nsnc1OC1C2CCN(C2)C12OC(=O)C(=O)O2. The van der Waals surface area contributed by atoms with Crippen LogP contribution in [0.4, 0.5) is 0 Å². The maximum absolute atomic E-state index is 11.6. The van der Waals surface area contributed by atoms with Gasteiger partial charge < -0.3 is 18.9 Å². The van der Waals surface area contributed by atoms with E-state index in [1.807, 2.05) is 24.8 Å². The number of hydrogen-bond donors (Lipinski definition) is 0. The lowest BCUT2D eigenvalue weighted by molar-refractivity contribution is -0.273. The zero-order valence-electron chi connectivity index (χ0n) is 13.8. The molecule has 1 aromatic rings. The van der Waals surface area contributed by atoms with Crippen LogP contribution in [0, 0.1) is 5.92 Å². The lowest BCUT2D eigenvalue weighted by Gasteiger charge is -2.36. The highest BCUT2D eigenvalue weighted by atomic mass is 32.1. The second-order valence-electron chi connectivity index (χ2n) is 6.41. The van der Waals surface area contributed by atoms with Crippen molar-refractivity contribution >= 4 is 23.7 Å². The predicted octanol–water partition coefficient (Wildman–Crippen LogP) is 0.720. The third kappa shape index (κ3) is 2.65. The molecule has 0 aromatic carbocycles. The average molecular weight is 367 g/mol. The summed E-state index contributed by atoms with van der Waals surface area (Å²) in [5, 5.41) is 0. The van der Waals surface area contributed by atoms with E-state index in [1.54, 1.807) is 0 Å². The number of piperidine rings is 1. The monoisotopic (exact) mass is 367 g/mol. The van der Waals surface area contributed by atoms with Gasteiger partial charge in [-0.05, 0) is 26.3 Å². The van der Waals surface area contributed by atoms with E-state index in [0.29, 0.717) is 19.7 Å². The molecular weight excluding hydrogens is 350 g/mol. The molecule has 4 rings (SSSR count). The zero-order chi connectivity index (χ0) is 17.6. The molecule has 3 saturated heterocycles. The van der Waals surface area contributed by atoms with E-state index in [2.05, 4.69) is 8.75 Å². The predicted molar refractivity (Wildman–Crippen MR) is 83.8 cm³/mol. The summed E-state index contributed by atoms with van der Waals surface area (Å²) in [4.78, 5) is 25.0. The summed E-state index contributed by atoms with van der Waals surface area (Å²) in [6.07, 6.45) is 2.10. The van der Waals surface area contributed by atoms with Crippen LogP contribution in [-0.2, 0) is 19.1 Å². The summed E-state index contributed by atoms with van der Waals surface area (Å²) in [7, 11) is 0. The van der Waals surface area contributed by atoms with Gasteiger partial charge in [-0.3, -0.25) is 0 Å². The third-order valence-electron chi connectivity index (χ3n) is 4.48. The minimum Gasteiger partial charge on any atom is -0.469 e. The second-order valence-corrected chi connectivity index (χ2v) is 6.94. The molecule has 0 saturated carbocycles. The van der Waals surface area contributed by atoms with E-state index < -0.39 is 24.0 Å². The van der Waals surface area contributed by atoms with Gasteiger partial charge >= 0.3 is 17.8 Å². The molecule has 9 nitrogen and oxygen atoms in total. The van der Waals surface area contributed by atoms with Crippen molar-refractivity contribution in [3.63, 3.8) is 0 Å². The Kier molecular flexibility index (Phi) is 3.88. The Bertz CT molecular complexity index is 727. The molecule has 2 bridgehead atoms. The first-order valence-electron chi connectivity index (χ1n) is 7.96. The molecule has 3 aliphatic rings. The minimum atomic E-state index is -1.50. The molecule has 4 heterocycles. The van der Waals surface area contributed by atoms with Crippen molar-refractivity contribution in [1.82, 2.24) is 13.6 Å². The number of rotatable bonds is 5. The van der Waals surface area contributed by atoms with Gasteiger partial charge in [-0.25, -0.2) is 14.5 Å². The Morgan fingerprint density at radius 2 is 2.04 bits per heavy atom. The second kappa shape index (κ2) is 5.95. The first-order valence-corrected chi connectivity index (χ1v) is 8.69. The van der Waals surface area contributed by atoms with Crippen molar-refractivity contribution in [2.45, 2.75) is 32.3 Å². The maximum Gasteiger partial charge on any atom is 0.422 e. The molecule has 134 valence electrons. The van der Waals surface area contributed by atoms with E-state index in [1.165, 1.54) is 0 Å². The maximum atomic E-state index is 11.6. The molecule has 0 radical (unpaired) electrons. The van der Waals surface area contributed by atoms with Crippen molar-refractivity contribution in [2.24, 2.45) is 5.92 Å². The average Bonchev–Trinajstić information content (AvgIpc) is 3.29. The summed E-state index contributed by atoms with van der Waals surface area (Å²) in [6, 6.07) is 0. The van der Waals surface area contributed by atoms with Crippen LogP contribution in [0.15, 0.2) is 11.6 Å². The molecule has 25 heavy (non-hydrogen) atoms. The summed E-state index contributed by atoms with van der Waals surface area (Å²) in [5.41, 5.74) is 1.12. The van der Waals surface area contributed by atoms with Gasteiger partial charge in [0.25, 0.3) is 11.8 Å². The van der Waals surface area contributed by atoms with Crippen molar-refractivity contribution in [3.8, 4) is 11.8 Å². The highest BCUT2D eigenvalue weighted by Crippen LogP contribution is 2.47. The molecule has 0 N–H and O–H groups in total. The number of hydrogen-bond acceptors (Lipinski definition) is 10. The Balaban J connectivity index is 1.54. The van der Waals surface area contributed by atoms with Gasteiger partial charge in [0.15, 0.2) is 6.10 Å². The van der Waals surface area contributed by atoms with Gasteiger partial charge in [0.05, 0.1) is 11.7 Å². The van der Waals surface area contributed by atoms with Crippen LogP contribution in [0.25, 0.3) is 0 Å². The summed E-state index contributed by atoms with van der Waals surface area (Å²) >= 11 is 0.961. The fourth-order valence-corrected chi connectivity index (χ4v) is 3.76. The van der Waals surface area contributed by atoms with Crippen molar-refractivity contribution < 1.29 is 28.5 Å². The molecule has 10 heteroatoms. The molecule has 1 aromatic heterocycles. The number of esters is 2. The first-order chi connectivity index (χ1) is 12.0. The van der Waals surface area contributed by atoms with E-state index in [0.717, 1.165) is 23.7 Å². The highest BCUT2D eigenvalue weighted by molar-refractivity contribution is 6.99. The van der Waals surface area contributed by atoms with Gasteiger partial charge in [0, 0.05) is 19.0 Å². The molecule has 3 unspecified atom stereocenters. The van der Waals surface area contributed by atoms with E-state index in [-0.39, 0.29) is 17.7 Å². The van der Waals surface area contributed by atoms with E-state index in [4.69, 9.17) is 18.9 Å². The Hall–Kier alpha value is -2.20. The molecule has 3 fully saturated rings. The Labute approximate surface area is 147 Å². The van der Waals surface area contributed by atoms with Gasteiger partial charge in [-0.2, -0.15) is 0 Å². The van der Waals surface area contributed by atoms with Crippen LogP contribution >= 0.6 is 11.7 Å². The summed E-state index contributed by atoms with van der Waals surface area (Å²) < 4.78 is 30.3. The topological polar surface area (TPSA) is 100 Å². The summed E-state index contributed by atoms with van der Waals surface area (Å²) in [5.74, 6) is -2.96. The van der Waals surface area contributed by atoms with Gasteiger partial charge in [0.2, 0.25) is 0 Å². The number of aromatic nitrogens is 2. The van der Waals surface area contributed by atoms with Crippen molar-refractivity contribution in [1.29, 1.82) is 0 Å². The fraction of sp³-hybridized carbons (Fsp3) is 0.600. The largest absolute Gasteiger partial charge is 0.469 e. The van der Waals surface area contributed by atoms with E-state index >= 15 is 0 Å².